The van der Waals surface area contributed by atoms with Crippen molar-refractivity contribution in [3.63, 3.8) is 0 Å². The molecule has 2 aromatic rings. The Balaban J connectivity index is 1.32. The summed E-state index contributed by atoms with van der Waals surface area (Å²) in [5.41, 5.74) is 0.355. The number of carbonyl (C=O) groups excluding carboxylic acids is 3. The largest absolute Gasteiger partial charge is 0.394 e. The molecule has 2 atom stereocenters. The van der Waals surface area contributed by atoms with E-state index in [1.54, 1.807) is 4.57 Å². The van der Waals surface area contributed by atoms with Crippen LogP contribution in [0.4, 0.5) is 0 Å². The van der Waals surface area contributed by atoms with Gasteiger partial charge in [-0.2, -0.15) is 0 Å². The van der Waals surface area contributed by atoms with Crippen LogP contribution in [0.1, 0.15) is 51.2 Å². The van der Waals surface area contributed by atoms with Gasteiger partial charge in [0.2, 0.25) is 0 Å². The van der Waals surface area contributed by atoms with Crippen molar-refractivity contribution in [2.24, 2.45) is 0 Å². The number of aryl methyl sites for hydroxylation is 1. The van der Waals surface area contributed by atoms with Gasteiger partial charge in [-0.1, -0.05) is 0 Å². The molecular weight excluding hydrogens is 410 g/mol. The molecule has 0 unspecified atom stereocenters. The number of aromatic nitrogens is 4. The Bertz CT molecular complexity index is 1050. The zero-order chi connectivity index (χ0) is 22.0. The fourth-order valence-electron chi connectivity index (χ4n) is 3.70. The Morgan fingerprint density at radius 2 is 1.90 bits per heavy atom. The smallest absolute Gasteiger partial charge is 0.333 e. The number of ether oxygens (including phenoxy) is 1. The molecule has 0 aromatic carbocycles. The summed E-state index contributed by atoms with van der Waals surface area (Å²) in [5, 5.41) is 9.75. The van der Waals surface area contributed by atoms with Crippen molar-refractivity contribution in [3.8, 4) is 0 Å². The molecule has 166 valence electrons. The van der Waals surface area contributed by atoms with Crippen LogP contribution in [0, 0.1) is 0 Å². The van der Waals surface area contributed by atoms with Crippen molar-refractivity contribution in [2.45, 2.75) is 63.8 Å². The topological polar surface area (TPSA) is 146 Å². The molecule has 0 radical (unpaired) electrons. The minimum atomic E-state index is -0.666. The normalized spacial score (nSPS) is 21.4. The van der Waals surface area contributed by atoms with E-state index < -0.39 is 17.8 Å². The zero-order valence-corrected chi connectivity index (χ0v) is 16.8. The number of nitrogens with zero attached hydrogens (tertiary/aromatic N) is 5. The van der Waals surface area contributed by atoms with E-state index in [0.29, 0.717) is 36.5 Å². The van der Waals surface area contributed by atoms with Crippen LogP contribution >= 0.6 is 0 Å². The molecule has 0 bridgehead atoms. The molecule has 0 aliphatic carbocycles. The molecule has 2 aromatic heterocycles. The number of hydrogen-bond acceptors (Lipinski definition) is 9. The SMILES string of the molecule is O=C(CCCCn1cnc2c(ncn2[C@H]2CC[C@@H](CO)O2)c1=O)ON1C(=O)CCC1=O. The van der Waals surface area contributed by atoms with Crippen molar-refractivity contribution >= 4 is 28.9 Å². The first kappa shape index (κ1) is 21.1. The van der Waals surface area contributed by atoms with Crippen LogP contribution in [0.25, 0.3) is 11.2 Å². The van der Waals surface area contributed by atoms with Crippen LogP contribution in [0.15, 0.2) is 17.4 Å². The third-order valence-corrected chi connectivity index (χ3v) is 5.38. The number of imide groups is 1. The molecule has 2 aliphatic heterocycles. The summed E-state index contributed by atoms with van der Waals surface area (Å²) in [6, 6.07) is 0. The molecule has 4 rings (SSSR count). The van der Waals surface area contributed by atoms with E-state index in [4.69, 9.17) is 9.57 Å². The highest BCUT2D eigenvalue weighted by atomic mass is 16.7. The van der Waals surface area contributed by atoms with E-state index in [1.165, 1.54) is 17.2 Å². The van der Waals surface area contributed by atoms with Gasteiger partial charge in [0.1, 0.15) is 12.6 Å². The van der Waals surface area contributed by atoms with Gasteiger partial charge >= 0.3 is 5.97 Å². The molecular formula is C19H23N5O7. The number of unbranched alkanes of at least 4 members (excludes halogenated alkanes) is 1. The number of aliphatic hydroxyl groups excluding tert-OH is 1. The summed E-state index contributed by atoms with van der Waals surface area (Å²) in [6.45, 7) is 0.275. The predicted molar refractivity (Wildman–Crippen MR) is 103 cm³/mol. The molecule has 0 spiro atoms. The predicted octanol–water partition coefficient (Wildman–Crippen LogP) is 0.0404. The van der Waals surface area contributed by atoms with Crippen LogP contribution in [0.5, 0.6) is 0 Å². The number of amides is 2. The third-order valence-electron chi connectivity index (χ3n) is 5.38. The summed E-state index contributed by atoms with van der Waals surface area (Å²) >= 11 is 0. The average Bonchev–Trinajstić information content (AvgIpc) is 3.47. The van der Waals surface area contributed by atoms with Crippen molar-refractivity contribution in [3.05, 3.63) is 23.0 Å². The van der Waals surface area contributed by atoms with Crippen molar-refractivity contribution < 1.29 is 29.1 Å². The lowest BCUT2D eigenvalue weighted by atomic mass is 10.2. The van der Waals surface area contributed by atoms with Gasteiger partial charge in [0.15, 0.2) is 11.2 Å². The average molecular weight is 433 g/mol. The van der Waals surface area contributed by atoms with Gasteiger partial charge in [0.25, 0.3) is 17.4 Å². The Morgan fingerprint density at radius 1 is 1.13 bits per heavy atom. The van der Waals surface area contributed by atoms with E-state index in [-0.39, 0.29) is 49.3 Å². The van der Waals surface area contributed by atoms with Crippen LogP contribution < -0.4 is 5.56 Å². The number of fused-ring (bicyclic) bond motifs is 1. The number of hydroxylamine groups is 2. The van der Waals surface area contributed by atoms with Crippen LogP contribution in [0.3, 0.4) is 0 Å². The lowest BCUT2D eigenvalue weighted by Gasteiger charge is -2.14. The first-order valence-electron chi connectivity index (χ1n) is 10.2. The summed E-state index contributed by atoms with van der Waals surface area (Å²) in [6.07, 6.45) is 4.85. The Morgan fingerprint density at radius 3 is 2.61 bits per heavy atom. The molecule has 12 nitrogen and oxygen atoms in total. The van der Waals surface area contributed by atoms with Gasteiger partial charge in [-0.3, -0.25) is 23.5 Å². The number of aliphatic hydroxyl groups is 1. The van der Waals surface area contributed by atoms with Crippen LogP contribution in [0.2, 0.25) is 0 Å². The van der Waals surface area contributed by atoms with Gasteiger partial charge in [-0.15, -0.1) is 5.06 Å². The fourth-order valence-corrected chi connectivity index (χ4v) is 3.70. The number of rotatable bonds is 8. The molecule has 31 heavy (non-hydrogen) atoms. The first-order chi connectivity index (χ1) is 15.0. The van der Waals surface area contributed by atoms with E-state index >= 15 is 0 Å². The van der Waals surface area contributed by atoms with Gasteiger partial charge in [0.05, 0.1) is 19.0 Å². The summed E-state index contributed by atoms with van der Waals surface area (Å²) in [7, 11) is 0. The van der Waals surface area contributed by atoms with Crippen molar-refractivity contribution in [1.29, 1.82) is 0 Å². The van der Waals surface area contributed by atoms with Crippen LogP contribution in [-0.4, -0.2) is 59.8 Å². The van der Waals surface area contributed by atoms with Gasteiger partial charge < -0.3 is 14.7 Å². The highest BCUT2D eigenvalue weighted by Crippen LogP contribution is 2.29. The molecule has 0 saturated carbocycles. The molecule has 12 heteroatoms. The number of hydrogen-bond donors (Lipinski definition) is 1. The van der Waals surface area contributed by atoms with Crippen LogP contribution in [-0.2, 0) is 30.5 Å². The maximum atomic E-state index is 12.7. The highest BCUT2D eigenvalue weighted by molar-refractivity contribution is 6.01. The Kier molecular flexibility index (Phi) is 6.09. The van der Waals surface area contributed by atoms with E-state index in [9.17, 15) is 24.3 Å². The molecule has 2 aliphatic rings. The Labute approximate surface area is 176 Å². The molecule has 1 N–H and O–H groups in total. The highest BCUT2D eigenvalue weighted by Gasteiger charge is 2.32. The fraction of sp³-hybridized carbons (Fsp3) is 0.579. The Hall–Kier alpha value is -3.12. The molecule has 2 fully saturated rings. The lowest BCUT2D eigenvalue weighted by molar-refractivity contribution is -0.197. The second-order valence-electron chi connectivity index (χ2n) is 7.54. The van der Waals surface area contributed by atoms with Gasteiger partial charge in [-0.25, -0.2) is 14.8 Å². The zero-order valence-electron chi connectivity index (χ0n) is 16.8. The maximum absolute atomic E-state index is 12.7. The second-order valence-corrected chi connectivity index (χ2v) is 7.54. The quantitative estimate of drug-likeness (QED) is 0.450. The minimum absolute atomic E-state index is 0.0150. The summed E-state index contributed by atoms with van der Waals surface area (Å²) in [5.74, 6) is -1.70. The summed E-state index contributed by atoms with van der Waals surface area (Å²) < 4.78 is 8.85. The molecule has 4 heterocycles. The maximum Gasteiger partial charge on any atom is 0.333 e. The third kappa shape index (κ3) is 4.35. The number of carbonyl (C=O) groups is 3. The monoisotopic (exact) mass is 433 g/mol. The van der Waals surface area contributed by atoms with E-state index in [2.05, 4.69) is 9.97 Å². The van der Waals surface area contributed by atoms with E-state index in [1.807, 2.05) is 0 Å². The lowest BCUT2D eigenvalue weighted by Crippen LogP contribution is -2.32. The van der Waals surface area contributed by atoms with Gasteiger partial charge in [-0.05, 0) is 25.7 Å². The van der Waals surface area contributed by atoms with Crippen molar-refractivity contribution in [2.75, 3.05) is 6.61 Å². The minimum Gasteiger partial charge on any atom is -0.394 e. The second kappa shape index (κ2) is 8.94. The standard InChI is InChI=1S/C19H23N5O7/c25-9-12-4-7-15(30-12)23-11-20-17-18(23)21-10-22(19(17)29)8-2-1-3-16(28)31-24-13(26)5-6-14(24)27/h10-12,15,25H,1-9H2/t12-,15+/m0/s1. The summed E-state index contributed by atoms with van der Waals surface area (Å²) in [4.78, 5) is 60.8. The van der Waals surface area contributed by atoms with E-state index in [0.717, 1.165) is 6.42 Å². The first-order valence-corrected chi connectivity index (χ1v) is 10.2. The van der Waals surface area contributed by atoms with Crippen molar-refractivity contribution in [1.82, 2.24) is 24.2 Å². The molecule has 2 saturated heterocycles. The number of imidazole rings is 1. The van der Waals surface area contributed by atoms with Gasteiger partial charge in [0, 0.05) is 25.8 Å². The molecule has 2 amide bonds.